The van der Waals surface area contributed by atoms with E-state index in [1.807, 2.05) is 0 Å². The first-order valence-electron chi connectivity index (χ1n) is 6.99. The minimum absolute atomic E-state index is 0.367. The van der Waals surface area contributed by atoms with Crippen LogP contribution in [0.25, 0.3) is 0 Å². The fourth-order valence-corrected chi connectivity index (χ4v) is 2.41. The highest BCUT2D eigenvalue weighted by molar-refractivity contribution is 5.24. The molecule has 1 unspecified atom stereocenters. The lowest BCUT2D eigenvalue weighted by molar-refractivity contribution is 0.117. The number of hydrogen-bond donors (Lipinski definition) is 2. The molecule has 2 N–H and O–H groups in total. The Morgan fingerprint density at radius 2 is 2.00 bits per heavy atom. The fraction of sp³-hybridized carbons (Fsp3) is 0.600. The van der Waals surface area contributed by atoms with Crippen LogP contribution < -0.4 is 5.32 Å². The molecule has 3 heteroatoms. The average molecular weight is 248 g/mol. The third-order valence-corrected chi connectivity index (χ3v) is 3.64. The Balaban J connectivity index is 1.90. The number of hydrogen-bond acceptors (Lipinski definition) is 3. The molecular formula is C15H24N2O. The molecule has 1 saturated heterocycles. The Morgan fingerprint density at radius 1 is 1.22 bits per heavy atom. The van der Waals surface area contributed by atoms with Gasteiger partial charge in [0.1, 0.15) is 0 Å². The van der Waals surface area contributed by atoms with Crippen LogP contribution in [0.3, 0.4) is 0 Å². The second-order valence-electron chi connectivity index (χ2n) is 5.02. The van der Waals surface area contributed by atoms with E-state index in [-0.39, 0.29) is 6.10 Å². The summed E-state index contributed by atoms with van der Waals surface area (Å²) in [5.41, 5.74) is 2.36. The summed E-state index contributed by atoms with van der Waals surface area (Å²) in [7, 11) is 0. The van der Waals surface area contributed by atoms with E-state index in [0.717, 1.165) is 44.7 Å². The summed E-state index contributed by atoms with van der Waals surface area (Å²) < 4.78 is 0. The Kier molecular flexibility index (Phi) is 5.17. The molecule has 1 aliphatic rings. The number of β-amino-alcohol motifs (C(OH)–C–C–N with tert-alkyl or cyclic N) is 1. The molecule has 1 aromatic rings. The topological polar surface area (TPSA) is 35.5 Å². The van der Waals surface area contributed by atoms with Crippen molar-refractivity contribution in [2.45, 2.75) is 25.9 Å². The molecule has 1 atom stereocenters. The lowest BCUT2D eigenvalue weighted by Gasteiger charge is -2.23. The summed E-state index contributed by atoms with van der Waals surface area (Å²) in [5.74, 6) is 0. The van der Waals surface area contributed by atoms with E-state index in [1.165, 1.54) is 12.0 Å². The molecule has 100 valence electrons. The second-order valence-corrected chi connectivity index (χ2v) is 5.02. The van der Waals surface area contributed by atoms with Gasteiger partial charge >= 0.3 is 0 Å². The monoisotopic (exact) mass is 248 g/mol. The minimum atomic E-state index is -0.367. The molecule has 0 spiro atoms. The zero-order chi connectivity index (χ0) is 12.8. The lowest BCUT2D eigenvalue weighted by Crippen LogP contribution is -2.32. The molecule has 1 aliphatic heterocycles. The summed E-state index contributed by atoms with van der Waals surface area (Å²) in [6.45, 7) is 7.13. The number of aryl methyl sites for hydroxylation is 1. The van der Waals surface area contributed by atoms with Gasteiger partial charge < -0.3 is 10.4 Å². The highest BCUT2D eigenvalue weighted by Crippen LogP contribution is 2.16. The first-order chi connectivity index (χ1) is 8.79. The normalized spacial score (nSPS) is 19.4. The predicted molar refractivity (Wildman–Crippen MR) is 74.7 cm³/mol. The number of rotatable bonds is 4. The van der Waals surface area contributed by atoms with Crippen molar-refractivity contribution in [3.8, 4) is 0 Å². The van der Waals surface area contributed by atoms with E-state index in [1.54, 1.807) is 0 Å². The van der Waals surface area contributed by atoms with Crippen molar-refractivity contribution in [3.63, 3.8) is 0 Å². The molecular weight excluding hydrogens is 224 g/mol. The van der Waals surface area contributed by atoms with Crippen molar-refractivity contribution in [2.24, 2.45) is 0 Å². The van der Waals surface area contributed by atoms with Crippen molar-refractivity contribution in [1.29, 1.82) is 0 Å². The van der Waals surface area contributed by atoms with Gasteiger partial charge in [-0.2, -0.15) is 0 Å². The van der Waals surface area contributed by atoms with Crippen LogP contribution in [0.4, 0.5) is 0 Å². The van der Waals surface area contributed by atoms with Gasteiger partial charge in [-0.3, -0.25) is 4.90 Å². The first-order valence-corrected chi connectivity index (χ1v) is 6.99. The highest BCUT2D eigenvalue weighted by Gasteiger charge is 2.14. The Morgan fingerprint density at radius 3 is 2.72 bits per heavy atom. The van der Waals surface area contributed by atoms with Crippen LogP contribution in [0.15, 0.2) is 24.3 Å². The van der Waals surface area contributed by atoms with Crippen LogP contribution in [-0.2, 0) is 6.42 Å². The number of aliphatic hydroxyl groups is 1. The molecule has 1 fully saturated rings. The van der Waals surface area contributed by atoms with Crippen LogP contribution in [0.2, 0.25) is 0 Å². The third-order valence-electron chi connectivity index (χ3n) is 3.64. The van der Waals surface area contributed by atoms with Crippen LogP contribution in [-0.4, -0.2) is 42.7 Å². The highest BCUT2D eigenvalue weighted by atomic mass is 16.3. The first kappa shape index (κ1) is 13.5. The van der Waals surface area contributed by atoms with Crippen molar-refractivity contribution in [3.05, 3.63) is 35.4 Å². The Bertz CT molecular complexity index is 342. The van der Waals surface area contributed by atoms with Gasteiger partial charge in [0, 0.05) is 19.6 Å². The van der Waals surface area contributed by atoms with E-state index in [0.29, 0.717) is 0 Å². The summed E-state index contributed by atoms with van der Waals surface area (Å²) >= 11 is 0. The standard InChI is InChI=1S/C15H24N2O/c1-2-13-4-6-14(7-5-13)15(18)12-17-10-3-8-16-9-11-17/h4-7,15-16,18H,2-3,8-12H2,1H3. The fourth-order valence-electron chi connectivity index (χ4n) is 2.41. The quantitative estimate of drug-likeness (QED) is 0.849. The molecule has 0 radical (unpaired) electrons. The number of benzene rings is 1. The molecule has 0 saturated carbocycles. The van der Waals surface area contributed by atoms with E-state index in [9.17, 15) is 5.11 Å². The van der Waals surface area contributed by atoms with Gasteiger partial charge in [0.15, 0.2) is 0 Å². The Hall–Kier alpha value is -0.900. The molecule has 0 amide bonds. The number of aliphatic hydroxyl groups excluding tert-OH is 1. The summed E-state index contributed by atoms with van der Waals surface area (Å²) in [6.07, 6.45) is 1.85. The van der Waals surface area contributed by atoms with E-state index in [4.69, 9.17) is 0 Å². The Labute approximate surface area is 110 Å². The smallest absolute Gasteiger partial charge is 0.0916 e. The predicted octanol–water partition coefficient (Wildman–Crippen LogP) is 1.58. The van der Waals surface area contributed by atoms with Gasteiger partial charge in [0.25, 0.3) is 0 Å². The third kappa shape index (κ3) is 3.80. The van der Waals surface area contributed by atoms with Crippen LogP contribution in [0.5, 0.6) is 0 Å². The average Bonchev–Trinajstić information content (AvgIpc) is 2.67. The van der Waals surface area contributed by atoms with Gasteiger partial charge in [-0.05, 0) is 37.1 Å². The SMILES string of the molecule is CCc1ccc(C(O)CN2CCCNCC2)cc1. The van der Waals surface area contributed by atoms with Gasteiger partial charge in [0.2, 0.25) is 0 Å². The maximum Gasteiger partial charge on any atom is 0.0916 e. The zero-order valence-electron chi connectivity index (χ0n) is 11.2. The molecule has 1 aromatic carbocycles. The molecule has 0 aliphatic carbocycles. The van der Waals surface area contributed by atoms with Gasteiger partial charge in [-0.25, -0.2) is 0 Å². The summed E-state index contributed by atoms with van der Waals surface area (Å²) in [6, 6.07) is 8.34. The maximum absolute atomic E-state index is 10.3. The van der Waals surface area contributed by atoms with Crippen molar-refractivity contribution < 1.29 is 5.11 Å². The van der Waals surface area contributed by atoms with Crippen molar-refractivity contribution in [2.75, 3.05) is 32.7 Å². The van der Waals surface area contributed by atoms with Gasteiger partial charge in [-0.15, -0.1) is 0 Å². The molecule has 1 heterocycles. The zero-order valence-corrected chi connectivity index (χ0v) is 11.2. The van der Waals surface area contributed by atoms with Crippen LogP contribution in [0.1, 0.15) is 30.6 Å². The lowest BCUT2D eigenvalue weighted by atomic mass is 10.1. The van der Waals surface area contributed by atoms with Gasteiger partial charge in [0.05, 0.1) is 6.10 Å². The van der Waals surface area contributed by atoms with Crippen molar-refractivity contribution in [1.82, 2.24) is 10.2 Å². The number of nitrogens with one attached hydrogen (secondary N) is 1. The van der Waals surface area contributed by atoms with Gasteiger partial charge in [-0.1, -0.05) is 31.2 Å². The second kappa shape index (κ2) is 6.88. The largest absolute Gasteiger partial charge is 0.387 e. The van der Waals surface area contributed by atoms with E-state index in [2.05, 4.69) is 41.4 Å². The maximum atomic E-state index is 10.3. The van der Waals surface area contributed by atoms with Crippen LogP contribution >= 0.6 is 0 Å². The van der Waals surface area contributed by atoms with Crippen molar-refractivity contribution >= 4 is 0 Å². The molecule has 2 rings (SSSR count). The molecule has 18 heavy (non-hydrogen) atoms. The molecule has 0 bridgehead atoms. The number of nitrogens with zero attached hydrogens (tertiary/aromatic N) is 1. The molecule has 0 aromatic heterocycles. The van der Waals surface area contributed by atoms with Crippen LogP contribution in [0, 0.1) is 0 Å². The summed E-state index contributed by atoms with van der Waals surface area (Å²) in [4.78, 5) is 2.35. The van der Waals surface area contributed by atoms with E-state index < -0.39 is 0 Å². The minimum Gasteiger partial charge on any atom is -0.387 e. The summed E-state index contributed by atoms with van der Waals surface area (Å²) in [5, 5.41) is 13.6. The van der Waals surface area contributed by atoms with E-state index >= 15 is 0 Å². The molecule has 3 nitrogen and oxygen atoms in total.